The Kier molecular flexibility index (Phi) is 17.6. The molecule has 70 heavy (non-hydrogen) atoms. The molecule has 0 aliphatic heterocycles. The second-order valence-corrected chi connectivity index (χ2v) is 25.9. The van der Waals surface area contributed by atoms with Crippen LogP contribution in [0.15, 0.2) is 138 Å². The van der Waals surface area contributed by atoms with Crippen LogP contribution >= 0.6 is 0 Å². The fourth-order valence-corrected chi connectivity index (χ4v) is 9.96. The maximum Gasteiger partial charge on any atom is 0.411 e. The van der Waals surface area contributed by atoms with Gasteiger partial charge in [0, 0.05) is 35.1 Å². The van der Waals surface area contributed by atoms with Crippen molar-refractivity contribution in [2.24, 2.45) is 0 Å². The third-order valence-electron chi connectivity index (χ3n) is 13.4. The van der Waals surface area contributed by atoms with Crippen LogP contribution in [0.4, 0.5) is 10.5 Å². The lowest BCUT2D eigenvalue weighted by Crippen LogP contribution is -2.46. The fraction of sp³-hybridized carbons (Fsp3) is 0.390. The van der Waals surface area contributed by atoms with Crippen LogP contribution in [0.3, 0.4) is 0 Å². The number of aromatic amines is 1. The number of benzene rings is 5. The molecule has 0 bridgehead atoms. The molecular weight excluding hydrogens is 889 g/mol. The average Bonchev–Trinajstić information content (AvgIpc) is 3.32. The largest absolute Gasteiger partial charge is 0.493 e. The Morgan fingerprint density at radius 1 is 0.800 bits per heavy atom. The minimum atomic E-state index is -2.20. The Hall–Kier alpha value is -5.98. The minimum Gasteiger partial charge on any atom is -0.493 e. The highest BCUT2D eigenvalue weighted by molar-refractivity contribution is 6.74. The lowest BCUT2D eigenvalue weighted by Gasteiger charge is -2.39. The summed E-state index contributed by atoms with van der Waals surface area (Å²) in [5, 5.41) is 11.4. The third-order valence-corrected chi connectivity index (χ3v) is 17.9. The minimum absolute atomic E-state index is 0.00718. The number of ether oxygens (including phenoxy) is 3. The summed E-state index contributed by atoms with van der Waals surface area (Å²) in [6.07, 6.45) is 8.65. The van der Waals surface area contributed by atoms with E-state index in [1.54, 1.807) is 6.07 Å². The number of hydrogen-bond donors (Lipinski definition) is 4. The number of carbonyl (C=O) groups excluding carboxylic acids is 1. The number of fused-ring (bicyclic) bond motifs is 1. The van der Waals surface area contributed by atoms with Crippen molar-refractivity contribution in [3.63, 3.8) is 0 Å². The number of carbonyl (C=O) groups is 1. The maximum atomic E-state index is 13.2. The summed E-state index contributed by atoms with van der Waals surface area (Å²) in [6.45, 7) is 20.2. The molecule has 1 saturated carbocycles. The molecule has 4 N–H and O–H groups in total. The van der Waals surface area contributed by atoms with Gasteiger partial charge in [-0.1, -0.05) is 124 Å². The molecule has 1 amide bonds. The highest BCUT2D eigenvalue weighted by Crippen LogP contribution is 2.41. The van der Waals surface area contributed by atoms with Gasteiger partial charge in [-0.15, -0.1) is 0 Å². The fourth-order valence-electron chi connectivity index (χ4n) is 8.68. The van der Waals surface area contributed by atoms with E-state index in [-0.39, 0.29) is 28.3 Å². The summed E-state index contributed by atoms with van der Waals surface area (Å²) >= 11 is 0. The molecule has 7 rings (SSSR count). The molecule has 0 radical (unpaired) electrons. The quantitative estimate of drug-likeness (QED) is 0.0441. The van der Waals surface area contributed by atoms with Gasteiger partial charge in [-0.05, 0) is 142 Å². The Morgan fingerprint density at radius 2 is 1.51 bits per heavy atom. The zero-order chi connectivity index (χ0) is 49.7. The van der Waals surface area contributed by atoms with Gasteiger partial charge in [0.15, 0.2) is 8.32 Å². The number of aromatic nitrogens is 1. The normalized spacial score (nSPS) is 16.0. The predicted molar refractivity (Wildman–Crippen MR) is 289 cm³/mol. The van der Waals surface area contributed by atoms with Gasteiger partial charge in [0.05, 0.1) is 23.9 Å². The summed E-state index contributed by atoms with van der Waals surface area (Å²) in [5.74, 6) is 1.46. The first-order valence-electron chi connectivity index (χ1n) is 25.0. The van der Waals surface area contributed by atoms with Gasteiger partial charge < -0.3 is 34.3 Å². The Balaban J connectivity index is 0.912. The van der Waals surface area contributed by atoms with Gasteiger partial charge in [-0.3, -0.25) is 10.1 Å². The molecule has 0 unspecified atom stereocenters. The van der Waals surface area contributed by atoms with Gasteiger partial charge in [0.1, 0.15) is 24.2 Å². The molecule has 5 aromatic carbocycles. The number of nitrogens with one attached hydrogen (secondary N) is 4. The molecule has 1 aromatic heterocycles. The van der Waals surface area contributed by atoms with Crippen molar-refractivity contribution >= 4 is 37.1 Å². The molecule has 0 saturated heterocycles. The summed E-state index contributed by atoms with van der Waals surface area (Å²) in [5.41, 5.74) is 7.51. The van der Waals surface area contributed by atoms with Crippen LogP contribution < -0.4 is 31.0 Å². The van der Waals surface area contributed by atoms with Crippen molar-refractivity contribution in [2.75, 3.05) is 25.0 Å². The van der Waals surface area contributed by atoms with Crippen molar-refractivity contribution in [2.45, 2.75) is 129 Å². The number of pyridine rings is 1. The number of rotatable bonds is 20. The Morgan fingerprint density at radius 3 is 2.21 bits per heavy atom. The average molecular weight is 963 g/mol. The lowest BCUT2D eigenvalue weighted by atomic mass is 9.91. The van der Waals surface area contributed by atoms with Crippen LogP contribution in [-0.4, -0.2) is 56.8 Å². The van der Waals surface area contributed by atoms with Crippen LogP contribution in [-0.2, 0) is 22.2 Å². The summed E-state index contributed by atoms with van der Waals surface area (Å²) in [6, 6.07) is 42.5. The van der Waals surface area contributed by atoms with Gasteiger partial charge >= 0.3 is 6.09 Å². The van der Waals surface area contributed by atoms with Crippen molar-refractivity contribution in [1.29, 1.82) is 0 Å². The predicted octanol–water partition coefficient (Wildman–Crippen LogP) is 13.4. The zero-order valence-corrected chi connectivity index (χ0v) is 43.5. The van der Waals surface area contributed by atoms with E-state index >= 15 is 0 Å². The lowest BCUT2D eigenvalue weighted by molar-refractivity contribution is 0.0762. The van der Waals surface area contributed by atoms with E-state index in [9.17, 15) is 9.59 Å². The molecule has 1 fully saturated rings. The highest BCUT2D eigenvalue weighted by atomic mass is 28.4. The van der Waals surface area contributed by atoms with E-state index in [2.05, 4.69) is 118 Å². The van der Waals surface area contributed by atoms with Gasteiger partial charge in [-0.25, -0.2) is 4.79 Å². The Labute approximate surface area is 416 Å². The first kappa shape index (κ1) is 51.9. The van der Waals surface area contributed by atoms with Gasteiger partial charge in [0.2, 0.25) is 5.56 Å². The highest BCUT2D eigenvalue weighted by Gasteiger charge is 2.40. The van der Waals surface area contributed by atoms with Crippen LogP contribution in [0.5, 0.6) is 11.5 Å². The molecule has 0 spiro atoms. The molecule has 370 valence electrons. The summed E-state index contributed by atoms with van der Waals surface area (Å²) in [4.78, 5) is 28.9. The molecule has 11 heteroatoms. The monoisotopic (exact) mass is 963 g/mol. The van der Waals surface area contributed by atoms with Crippen molar-refractivity contribution in [3.8, 4) is 22.6 Å². The van der Waals surface area contributed by atoms with E-state index in [1.165, 1.54) is 5.56 Å². The summed E-state index contributed by atoms with van der Waals surface area (Å²) in [7, 11) is -2.20. The second-order valence-electron chi connectivity index (χ2n) is 21.1. The second kappa shape index (κ2) is 23.8. The topological polar surface area (TPSA) is 123 Å². The Bertz CT molecular complexity index is 2700. The first-order valence-corrected chi connectivity index (χ1v) is 27.9. The maximum absolute atomic E-state index is 13.2. The van der Waals surface area contributed by atoms with E-state index in [4.69, 9.17) is 18.6 Å². The molecule has 1 aliphatic rings. The van der Waals surface area contributed by atoms with Crippen molar-refractivity contribution in [1.82, 2.24) is 15.6 Å². The molecular formula is C59H74N4O6Si. The van der Waals surface area contributed by atoms with Gasteiger partial charge in [-0.2, -0.15) is 0 Å². The summed E-state index contributed by atoms with van der Waals surface area (Å²) < 4.78 is 25.5. The van der Waals surface area contributed by atoms with E-state index in [0.29, 0.717) is 37.1 Å². The molecule has 1 aliphatic carbocycles. The van der Waals surface area contributed by atoms with Crippen molar-refractivity contribution in [3.05, 3.63) is 166 Å². The standard InChI is InChI=1S/C59H74N4O6Si/c1-58(2,3)63-46-25-29-48(30-26-46)68-57(65)61-52-39-43(24-31-49(52)45-20-13-10-14-21-45)17-15-16-38-66-47-27-22-42(23-28-47)36-37-60-40-54(69-70(7,8)59(4,5)6)50-32-34-53(56-51(50)33-35-55(64)62-56)67-41-44-18-11-9-12-19-44/h9-15,17-24,27-28,31-35,39,46,48,54,60,63H,16,25-26,29-30,36-38,40-41H2,1-8H3,(H,61,65)(H,62,64)/t46-,48-,54-/m0/s1. The first-order chi connectivity index (χ1) is 33.5. The molecule has 1 atom stereocenters. The van der Waals surface area contributed by atoms with Crippen LogP contribution in [0.2, 0.25) is 18.1 Å². The van der Waals surface area contributed by atoms with Crippen molar-refractivity contribution < 1.29 is 23.4 Å². The van der Waals surface area contributed by atoms with E-state index < -0.39 is 14.4 Å². The zero-order valence-electron chi connectivity index (χ0n) is 42.5. The van der Waals surface area contributed by atoms with Crippen LogP contribution in [0.1, 0.15) is 102 Å². The number of amides is 1. The van der Waals surface area contributed by atoms with Gasteiger partial charge in [0.25, 0.3) is 0 Å². The number of anilines is 1. The van der Waals surface area contributed by atoms with E-state index in [0.717, 1.165) is 89.7 Å². The molecule has 1 heterocycles. The number of H-pyrrole nitrogens is 1. The SMILES string of the molecule is CC(C)(C)N[C@H]1CC[C@H](OC(=O)Nc2cc(C=CCCOc3ccc(CCNC[C@H](O[Si](C)(C)C(C)(C)C)c4ccc(OCc5ccccc5)c5[nH]c(=O)ccc45)cc3)ccc2-c2ccccc2)CC1. The number of hydrogen-bond acceptors (Lipinski definition) is 8. The van der Waals surface area contributed by atoms with Crippen LogP contribution in [0.25, 0.3) is 28.1 Å². The molecule has 6 aromatic rings. The van der Waals surface area contributed by atoms with Crippen LogP contribution in [0, 0.1) is 0 Å². The van der Waals surface area contributed by atoms with E-state index in [1.807, 2.05) is 91.0 Å². The third kappa shape index (κ3) is 15.0. The molecule has 10 nitrogen and oxygen atoms in total. The smallest absolute Gasteiger partial charge is 0.411 e.